The molecule has 2 aromatic heterocycles. The van der Waals surface area contributed by atoms with Crippen LogP contribution >= 0.6 is 0 Å². The third kappa shape index (κ3) is 3.22. The maximum absolute atomic E-state index is 12.3. The Morgan fingerprint density at radius 2 is 1.95 bits per heavy atom. The van der Waals surface area contributed by atoms with Crippen molar-refractivity contribution in [2.45, 2.75) is 6.18 Å². The van der Waals surface area contributed by atoms with Gasteiger partial charge in [0.2, 0.25) is 0 Å². The van der Waals surface area contributed by atoms with E-state index in [1.165, 1.54) is 12.3 Å². The first-order valence-corrected chi connectivity index (χ1v) is 5.35. The number of alkyl halides is 3. The third-order valence-electron chi connectivity index (χ3n) is 2.30. The predicted octanol–water partition coefficient (Wildman–Crippen LogP) is 2.45. The van der Waals surface area contributed by atoms with E-state index in [9.17, 15) is 23.1 Å². The maximum Gasteiger partial charge on any atom is 0.433 e. The molecular formula is C12H8F3N3O2. The Bertz CT molecular complexity index is 627. The van der Waals surface area contributed by atoms with Gasteiger partial charge in [-0.2, -0.15) is 13.2 Å². The fraction of sp³-hybridized carbons (Fsp3) is 0.0833. The average molecular weight is 283 g/mol. The van der Waals surface area contributed by atoms with Gasteiger partial charge in [0.25, 0.3) is 5.91 Å². The van der Waals surface area contributed by atoms with E-state index in [1.807, 2.05) is 0 Å². The summed E-state index contributed by atoms with van der Waals surface area (Å²) in [4.78, 5) is 18.6. The van der Waals surface area contributed by atoms with Crippen molar-refractivity contribution in [3.05, 3.63) is 48.0 Å². The van der Waals surface area contributed by atoms with Crippen LogP contribution in [-0.2, 0) is 6.18 Å². The summed E-state index contributed by atoms with van der Waals surface area (Å²) in [5.41, 5.74) is -0.870. The number of aromatic nitrogens is 2. The van der Waals surface area contributed by atoms with Gasteiger partial charge in [-0.3, -0.25) is 9.78 Å². The van der Waals surface area contributed by atoms with E-state index in [0.29, 0.717) is 0 Å². The van der Waals surface area contributed by atoms with Crippen molar-refractivity contribution in [3.8, 4) is 5.75 Å². The van der Waals surface area contributed by atoms with Crippen LogP contribution in [0.4, 0.5) is 18.9 Å². The van der Waals surface area contributed by atoms with Gasteiger partial charge in [-0.15, -0.1) is 0 Å². The zero-order valence-electron chi connectivity index (χ0n) is 9.85. The van der Waals surface area contributed by atoms with Crippen LogP contribution in [0.25, 0.3) is 0 Å². The van der Waals surface area contributed by atoms with Crippen molar-refractivity contribution in [1.82, 2.24) is 9.97 Å². The highest BCUT2D eigenvalue weighted by Gasteiger charge is 2.32. The minimum atomic E-state index is -4.53. The number of anilines is 1. The molecule has 2 aromatic rings. The Hall–Kier alpha value is -2.64. The molecule has 8 heteroatoms. The molecule has 2 heterocycles. The number of nitrogens with zero attached hydrogens (tertiary/aromatic N) is 2. The van der Waals surface area contributed by atoms with Crippen LogP contribution < -0.4 is 5.32 Å². The van der Waals surface area contributed by atoms with E-state index >= 15 is 0 Å². The van der Waals surface area contributed by atoms with Crippen LogP contribution in [0.1, 0.15) is 16.1 Å². The molecule has 0 aliphatic carbocycles. The Morgan fingerprint density at radius 1 is 1.20 bits per heavy atom. The number of carbonyl (C=O) groups excluding carboxylic acids is 1. The molecular weight excluding hydrogens is 275 g/mol. The molecule has 104 valence electrons. The summed E-state index contributed by atoms with van der Waals surface area (Å²) in [5, 5.41) is 11.5. The predicted molar refractivity (Wildman–Crippen MR) is 63.1 cm³/mol. The minimum Gasteiger partial charge on any atom is -0.506 e. The van der Waals surface area contributed by atoms with Gasteiger partial charge >= 0.3 is 6.18 Å². The Morgan fingerprint density at radius 3 is 2.50 bits per heavy atom. The lowest BCUT2D eigenvalue weighted by Crippen LogP contribution is -2.13. The van der Waals surface area contributed by atoms with Crippen LogP contribution in [0, 0.1) is 0 Å². The molecule has 5 nitrogen and oxygen atoms in total. The summed E-state index contributed by atoms with van der Waals surface area (Å²) in [7, 11) is 0. The lowest BCUT2D eigenvalue weighted by atomic mass is 10.2. The van der Waals surface area contributed by atoms with Gasteiger partial charge in [-0.05, 0) is 18.2 Å². The number of hydrogen-bond donors (Lipinski definition) is 2. The molecule has 0 aliphatic heterocycles. The highest BCUT2D eigenvalue weighted by Crippen LogP contribution is 2.27. The SMILES string of the molecule is O=C(Nc1ccc(C(F)(F)F)nc1)c1cncc(O)c1. The van der Waals surface area contributed by atoms with Gasteiger partial charge < -0.3 is 10.4 Å². The van der Waals surface area contributed by atoms with Gasteiger partial charge in [0.05, 0.1) is 23.6 Å². The second-order valence-corrected chi connectivity index (χ2v) is 3.82. The largest absolute Gasteiger partial charge is 0.506 e. The van der Waals surface area contributed by atoms with E-state index in [-0.39, 0.29) is 17.0 Å². The summed E-state index contributed by atoms with van der Waals surface area (Å²) in [6, 6.07) is 3.03. The molecule has 0 atom stereocenters. The van der Waals surface area contributed by atoms with E-state index < -0.39 is 17.8 Å². The van der Waals surface area contributed by atoms with Gasteiger partial charge in [-0.25, -0.2) is 4.98 Å². The maximum atomic E-state index is 12.3. The van der Waals surface area contributed by atoms with E-state index in [4.69, 9.17) is 0 Å². The van der Waals surface area contributed by atoms with Crippen molar-refractivity contribution in [2.24, 2.45) is 0 Å². The second-order valence-electron chi connectivity index (χ2n) is 3.82. The molecule has 0 saturated heterocycles. The highest BCUT2D eigenvalue weighted by atomic mass is 19.4. The van der Waals surface area contributed by atoms with Crippen molar-refractivity contribution < 1.29 is 23.1 Å². The molecule has 0 aromatic carbocycles. The topological polar surface area (TPSA) is 75.1 Å². The van der Waals surface area contributed by atoms with Crippen molar-refractivity contribution >= 4 is 11.6 Å². The molecule has 20 heavy (non-hydrogen) atoms. The monoisotopic (exact) mass is 283 g/mol. The van der Waals surface area contributed by atoms with E-state index in [1.54, 1.807) is 0 Å². The summed E-state index contributed by atoms with van der Waals surface area (Å²) in [5.74, 6) is -0.807. The number of rotatable bonds is 2. The zero-order valence-corrected chi connectivity index (χ0v) is 9.85. The number of amides is 1. The normalized spacial score (nSPS) is 11.2. The number of pyridine rings is 2. The Labute approximate surface area is 111 Å². The summed E-state index contributed by atoms with van der Waals surface area (Å²) >= 11 is 0. The number of aromatic hydroxyl groups is 1. The fourth-order valence-corrected chi connectivity index (χ4v) is 1.39. The van der Waals surface area contributed by atoms with E-state index in [0.717, 1.165) is 24.5 Å². The van der Waals surface area contributed by atoms with Crippen LogP contribution in [0.3, 0.4) is 0 Å². The number of carbonyl (C=O) groups is 1. The Kier molecular flexibility index (Phi) is 3.55. The Balaban J connectivity index is 2.12. The van der Waals surface area contributed by atoms with Crippen LogP contribution in [0.15, 0.2) is 36.8 Å². The van der Waals surface area contributed by atoms with Crippen molar-refractivity contribution in [2.75, 3.05) is 5.32 Å². The van der Waals surface area contributed by atoms with Gasteiger partial charge in [-0.1, -0.05) is 0 Å². The zero-order chi connectivity index (χ0) is 14.8. The summed E-state index contributed by atoms with van der Waals surface area (Å²) in [6.45, 7) is 0. The quantitative estimate of drug-likeness (QED) is 0.887. The smallest absolute Gasteiger partial charge is 0.433 e. The average Bonchev–Trinajstić information content (AvgIpc) is 2.38. The van der Waals surface area contributed by atoms with Crippen molar-refractivity contribution in [3.63, 3.8) is 0 Å². The first kappa shape index (κ1) is 13.8. The minimum absolute atomic E-state index is 0.0740. The molecule has 0 spiro atoms. The lowest BCUT2D eigenvalue weighted by molar-refractivity contribution is -0.141. The van der Waals surface area contributed by atoms with Crippen LogP contribution in [-0.4, -0.2) is 21.0 Å². The molecule has 1 amide bonds. The van der Waals surface area contributed by atoms with Crippen LogP contribution in [0.2, 0.25) is 0 Å². The molecule has 0 unspecified atom stereocenters. The number of hydrogen-bond acceptors (Lipinski definition) is 4. The van der Waals surface area contributed by atoms with Gasteiger partial charge in [0, 0.05) is 6.20 Å². The number of nitrogens with one attached hydrogen (secondary N) is 1. The van der Waals surface area contributed by atoms with Crippen LogP contribution in [0.5, 0.6) is 5.75 Å². The van der Waals surface area contributed by atoms with Gasteiger partial charge in [0.1, 0.15) is 11.4 Å². The summed E-state index contributed by atoms with van der Waals surface area (Å²) < 4.78 is 36.9. The third-order valence-corrected chi connectivity index (χ3v) is 2.30. The number of halogens is 3. The standard InChI is InChI=1S/C12H8F3N3O2/c13-12(14,15)10-2-1-8(5-17-10)18-11(20)7-3-9(19)6-16-4-7/h1-6,19H,(H,18,20). The first-order valence-electron chi connectivity index (χ1n) is 5.35. The molecule has 0 fully saturated rings. The molecule has 0 radical (unpaired) electrons. The van der Waals surface area contributed by atoms with Gasteiger partial charge in [0.15, 0.2) is 0 Å². The first-order chi connectivity index (χ1) is 9.36. The molecule has 2 rings (SSSR count). The van der Waals surface area contributed by atoms with E-state index in [2.05, 4.69) is 15.3 Å². The highest BCUT2D eigenvalue weighted by molar-refractivity contribution is 6.04. The molecule has 2 N–H and O–H groups in total. The van der Waals surface area contributed by atoms with Crippen molar-refractivity contribution in [1.29, 1.82) is 0 Å². The summed E-state index contributed by atoms with van der Waals surface area (Å²) in [6.07, 6.45) is -1.27. The molecule has 0 bridgehead atoms. The fourth-order valence-electron chi connectivity index (χ4n) is 1.39. The molecule has 0 saturated carbocycles. The lowest BCUT2D eigenvalue weighted by Gasteiger charge is -2.08. The molecule has 0 aliphatic rings. The second kappa shape index (κ2) is 5.16.